The van der Waals surface area contributed by atoms with E-state index in [1.165, 1.54) is 6.92 Å². The first-order chi connectivity index (χ1) is 17.1. The van der Waals surface area contributed by atoms with Crippen LogP contribution in [0.5, 0.6) is 0 Å². The first-order valence-corrected chi connectivity index (χ1v) is 12.2. The lowest BCUT2D eigenvalue weighted by Gasteiger charge is -2.31. The van der Waals surface area contributed by atoms with Crippen LogP contribution < -0.4 is 11.1 Å². The van der Waals surface area contributed by atoms with E-state index in [9.17, 15) is 31.1 Å². The Morgan fingerprint density at radius 3 is 2.05 bits per heavy atom. The van der Waals surface area contributed by atoms with Crippen molar-refractivity contribution in [1.29, 1.82) is 0 Å². The van der Waals surface area contributed by atoms with Crippen LogP contribution in [0.4, 0.5) is 26.3 Å². The van der Waals surface area contributed by atoms with E-state index in [4.69, 9.17) is 10.5 Å². The third-order valence-corrected chi connectivity index (χ3v) is 7.56. The van der Waals surface area contributed by atoms with Crippen LogP contribution in [0.1, 0.15) is 72.9 Å². The quantitative estimate of drug-likeness (QED) is 0.449. The molecule has 0 spiro atoms. The number of halogens is 6. The Balaban J connectivity index is 1.65. The minimum Gasteiger partial charge on any atom is -0.370 e. The number of hydrogen-bond donors (Lipinski definition) is 2. The summed E-state index contributed by atoms with van der Waals surface area (Å²) >= 11 is 0. The molecule has 2 aliphatic rings. The van der Waals surface area contributed by atoms with Gasteiger partial charge in [0.15, 0.2) is 0 Å². The highest BCUT2D eigenvalue weighted by Crippen LogP contribution is 2.47. The van der Waals surface area contributed by atoms with E-state index in [2.05, 4.69) is 5.32 Å². The molecule has 2 aromatic rings. The molecule has 1 aliphatic carbocycles. The van der Waals surface area contributed by atoms with Crippen LogP contribution in [-0.4, -0.2) is 23.6 Å². The summed E-state index contributed by atoms with van der Waals surface area (Å²) in [5.74, 6) is -0.529. The molecule has 2 fully saturated rings. The molecule has 1 heterocycles. The van der Waals surface area contributed by atoms with Crippen molar-refractivity contribution < 1.29 is 35.9 Å². The molecule has 37 heavy (non-hydrogen) atoms. The summed E-state index contributed by atoms with van der Waals surface area (Å²) in [7, 11) is 0. The lowest BCUT2D eigenvalue weighted by Crippen LogP contribution is -2.43. The third kappa shape index (κ3) is 5.80. The monoisotopic (exact) mass is 528 g/mol. The number of alkyl halides is 6. The Morgan fingerprint density at radius 1 is 1.00 bits per heavy atom. The number of aryl methyl sites for hydroxylation is 1. The van der Waals surface area contributed by atoms with Crippen LogP contribution in [0, 0.1) is 12.8 Å². The van der Waals surface area contributed by atoms with Crippen LogP contribution >= 0.6 is 0 Å². The number of nitrogens with two attached hydrogens (primary N) is 1. The molecule has 0 radical (unpaired) electrons. The Kier molecular flexibility index (Phi) is 7.13. The van der Waals surface area contributed by atoms with Gasteiger partial charge in [0.2, 0.25) is 5.91 Å². The number of amides is 1. The predicted octanol–water partition coefficient (Wildman–Crippen LogP) is 6.28. The van der Waals surface area contributed by atoms with Gasteiger partial charge in [-0.1, -0.05) is 29.8 Å². The number of rotatable bonds is 5. The summed E-state index contributed by atoms with van der Waals surface area (Å²) in [6.07, 6.45) is -9.77. The van der Waals surface area contributed by atoms with Crippen molar-refractivity contribution in [2.24, 2.45) is 11.7 Å². The summed E-state index contributed by atoms with van der Waals surface area (Å²) in [6, 6.07) is 9.09. The third-order valence-electron chi connectivity index (χ3n) is 7.56. The van der Waals surface area contributed by atoms with E-state index in [0.29, 0.717) is 31.4 Å². The second-order valence-corrected chi connectivity index (χ2v) is 10.5. The predicted molar refractivity (Wildman–Crippen MR) is 126 cm³/mol. The van der Waals surface area contributed by atoms with Gasteiger partial charge in [-0.3, -0.25) is 4.79 Å². The van der Waals surface area contributed by atoms with Gasteiger partial charge in [-0.05, 0) is 75.3 Å². The summed E-state index contributed by atoms with van der Waals surface area (Å²) in [4.78, 5) is 12.4. The molecule has 4 nitrogen and oxygen atoms in total. The molecule has 6 atom stereocenters. The highest BCUT2D eigenvalue weighted by atomic mass is 19.4. The van der Waals surface area contributed by atoms with Crippen molar-refractivity contribution in [2.75, 3.05) is 0 Å². The van der Waals surface area contributed by atoms with E-state index in [0.717, 1.165) is 11.1 Å². The normalized spacial score (nSPS) is 29.4. The number of nitrogens with one attached hydrogen (secondary N) is 1. The van der Waals surface area contributed by atoms with Gasteiger partial charge in [-0.2, -0.15) is 26.3 Å². The smallest absolute Gasteiger partial charge is 0.370 e. The second-order valence-electron chi connectivity index (χ2n) is 10.5. The molecule has 1 amide bonds. The maximum atomic E-state index is 13.4. The molecule has 10 heteroatoms. The summed E-state index contributed by atoms with van der Waals surface area (Å²) in [5, 5.41) is 2.98. The van der Waals surface area contributed by atoms with Crippen LogP contribution in [0.15, 0.2) is 42.5 Å². The largest absolute Gasteiger partial charge is 0.416 e. The Morgan fingerprint density at radius 2 is 1.57 bits per heavy atom. The minimum absolute atomic E-state index is 0.0542. The second kappa shape index (κ2) is 9.62. The Labute approximate surface area is 211 Å². The number of carbonyl (C=O) groups excluding carboxylic acids is 1. The number of carbonyl (C=O) groups is 1. The molecule has 1 saturated carbocycles. The van der Waals surface area contributed by atoms with Crippen LogP contribution in [-0.2, 0) is 21.9 Å². The fraction of sp³-hybridized carbons (Fsp3) is 0.519. The molecule has 3 N–H and O–H groups in total. The van der Waals surface area contributed by atoms with E-state index >= 15 is 0 Å². The summed E-state index contributed by atoms with van der Waals surface area (Å²) < 4.78 is 86.5. The minimum atomic E-state index is -4.94. The maximum absolute atomic E-state index is 13.4. The first kappa shape index (κ1) is 27.4. The average Bonchev–Trinajstić information content (AvgIpc) is 3.32. The average molecular weight is 529 g/mol. The molecule has 0 bridgehead atoms. The van der Waals surface area contributed by atoms with E-state index < -0.39 is 41.2 Å². The fourth-order valence-electron chi connectivity index (χ4n) is 5.59. The Hall–Kier alpha value is -2.59. The molecule has 0 aromatic heterocycles. The SMILES string of the molecule is Cc1ccc([C@H]2[C@H]([C@H]3C[C@@](C)(N)C(=O)N3)CC[C@@H]2O[C@H](C)c2cc(C(F)(F)F)cc(C(F)(F)F)c2)cc1. The molecular formula is C27H30F6N2O2. The summed E-state index contributed by atoms with van der Waals surface area (Å²) in [6.45, 7) is 5.07. The van der Waals surface area contributed by atoms with Gasteiger partial charge in [0.1, 0.15) is 0 Å². The van der Waals surface area contributed by atoms with Gasteiger partial charge >= 0.3 is 12.4 Å². The van der Waals surface area contributed by atoms with E-state index in [1.807, 2.05) is 31.2 Å². The van der Waals surface area contributed by atoms with Gasteiger partial charge < -0.3 is 15.8 Å². The number of ether oxygens (including phenoxy) is 1. The fourth-order valence-corrected chi connectivity index (χ4v) is 5.59. The number of hydrogen-bond acceptors (Lipinski definition) is 3. The molecule has 1 aliphatic heterocycles. The van der Waals surface area contributed by atoms with Crippen molar-refractivity contribution in [1.82, 2.24) is 5.32 Å². The zero-order chi connectivity index (χ0) is 27.3. The lowest BCUT2D eigenvalue weighted by atomic mass is 9.80. The zero-order valence-electron chi connectivity index (χ0n) is 20.7. The molecule has 2 aromatic carbocycles. The van der Waals surface area contributed by atoms with Gasteiger partial charge in [0, 0.05) is 12.0 Å². The first-order valence-electron chi connectivity index (χ1n) is 12.2. The molecule has 0 unspecified atom stereocenters. The highest BCUT2D eigenvalue weighted by molar-refractivity contribution is 5.88. The van der Waals surface area contributed by atoms with Crippen molar-refractivity contribution in [3.63, 3.8) is 0 Å². The van der Waals surface area contributed by atoms with Crippen molar-refractivity contribution in [3.8, 4) is 0 Å². The summed E-state index contributed by atoms with van der Waals surface area (Å²) in [5.41, 5.74) is 4.17. The van der Waals surface area contributed by atoms with Crippen LogP contribution in [0.2, 0.25) is 0 Å². The maximum Gasteiger partial charge on any atom is 0.416 e. The van der Waals surface area contributed by atoms with Gasteiger partial charge in [0.05, 0.1) is 28.9 Å². The van der Waals surface area contributed by atoms with Gasteiger partial charge in [-0.25, -0.2) is 0 Å². The standard InChI is InChI=1S/C27H30F6N2O2/c1-14-4-6-16(7-5-14)23-20(21-13-25(3,34)24(36)35-21)8-9-22(23)37-15(2)17-10-18(26(28,29)30)12-19(11-17)27(31,32)33/h4-7,10-12,15,20-23H,8-9,13,34H2,1-3H3,(H,35,36)/t15-,20+,21-,22+,23+,25-/m1/s1. The van der Waals surface area contributed by atoms with Crippen LogP contribution in [0.3, 0.4) is 0 Å². The molecule has 4 rings (SSSR count). The van der Waals surface area contributed by atoms with E-state index in [-0.39, 0.29) is 35.4 Å². The highest BCUT2D eigenvalue weighted by Gasteiger charge is 2.49. The van der Waals surface area contributed by atoms with Gasteiger partial charge in [-0.15, -0.1) is 0 Å². The Bertz CT molecular complexity index is 1110. The number of benzene rings is 2. The molecule has 1 saturated heterocycles. The van der Waals surface area contributed by atoms with Crippen LogP contribution in [0.25, 0.3) is 0 Å². The van der Waals surface area contributed by atoms with Gasteiger partial charge in [0.25, 0.3) is 0 Å². The van der Waals surface area contributed by atoms with Crippen molar-refractivity contribution in [3.05, 3.63) is 70.3 Å². The lowest BCUT2D eigenvalue weighted by molar-refractivity contribution is -0.143. The topological polar surface area (TPSA) is 64.4 Å². The molecular weight excluding hydrogens is 498 g/mol. The van der Waals surface area contributed by atoms with Crippen molar-refractivity contribution >= 4 is 5.91 Å². The van der Waals surface area contributed by atoms with E-state index in [1.54, 1.807) is 6.92 Å². The zero-order valence-corrected chi connectivity index (χ0v) is 20.7. The van der Waals surface area contributed by atoms with Crippen molar-refractivity contribution in [2.45, 2.75) is 82.1 Å². The molecule has 202 valence electrons.